The first-order valence-electron chi connectivity index (χ1n) is 7.30. The lowest BCUT2D eigenvalue weighted by atomic mass is 10.1. The predicted octanol–water partition coefficient (Wildman–Crippen LogP) is 3.42. The Balaban J connectivity index is 1.68. The first-order chi connectivity index (χ1) is 11.7. The standard InChI is InChI=1S/C18H15FN2O3/c1-23-14-6-4-5-12(9-14)17-10-13(21-24-17)11-20-18(22)15-7-2-3-8-16(15)19/h2-10H,11H2,1H3,(H,20,22). The number of methoxy groups -OCH3 is 1. The number of amides is 1. The smallest absolute Gasteiger partial charge is 0.254 e. The molecular weight excluding hydrogens is 311 g/mol. The van der Waals surface area contributed by atoms with Gasteiger partial charge in [-0.05, 0) is 24.3 Å². The molecule has 1 heterocycles. The highest BCUT2D eigenvalue weighted by atomic mass is 19.1. The van der Waals surface area contributed by atoms with E-state index in [-0.39, 0.29) is 12.1 Å². The lowest BCUT2D eigenvalue weighted by molar-refractivity contribution is 0.0946. The highest BCUT2D eigenvalue weighted by Crippen LogP contribution is 2.24. The van der Waals surface area contributed by atoms with E-state index in [1.807, 2.05) is 24.3 Å². The van der Waals surface area contributed by atoms with Crippen LogP contribution in [0.5, 0.6) is 5.75 Å². The summed E-state index contributed by atoms with van der Waals surface area (Å²) < 4.78 is 24.0. The van der Waals surface area contributed by atoms with Gasteiger partial charge in [0.05, 0.1) is 19.2 Å². The van der Waals surface area contributed by atoms with Crippen LogP contribution in [0.2, 0.25) is 0 Å². The maximum atomic E-state index is 13.6. The number of carbonyl (C=O) groups excluding carboxylic acids is 1. The molecule has 6 heteroatoms. The largest absolute Gasteiger partial charge is 0.497 e. The molecule has 3 rings (SSSR count). The molecule has 1 amide bonds. The fourth-order valence-electron chi connectivity index (χ4n) is 2.22. The van der Waals surface area contributed by atoms with Crippen LogP contribution in [-0.4, -0.2) is 18.2 Å². The number of ether oxygens (including phenoxy) is 1. The van der Waals surface area contributed by atoms with E-state index in [4.69, 9.17) is 9.26 Å². The van der Waals surface area contributed by atoms with Gasteiger partial charge in [0.25, 0.3) is 5.91 Å². The van der Waals surface area contributed by atoms with Gasteiger partial charge >= 0.3 is 0 Å². The monoisotopic (exact) mass is 326 g/mol. The van der Waals surface area contributed by atoms with Crippen LogP contribution in [0.1, 0.15) is 16.1 Å². The van der Waals surface area contributed by atoms with E-state index in [2.05, 4.69) is 10.5 Å². The van der Waals surface area contributed by atoms with Gasteiger partial charge in [0.2, 0.25) is 0 Å². The van der Waals surface area contributed by atoms with E-state index in [0.717, 1.165) is 5.56 Å². The molecule has 0 aliphatic rings. The normalized spacial score (nSPS) is 10.4. The van der Waals surface area contributed by atoms with Crippen molar-refractivity contribution in [3.63, 3.8) is 0 Å². The second-order valence-corrected chi connectivity index (χ2v) is 5.08. The molecule has 5 nitrogen and oxygen atoms in total. The lowest BCUT2D eigenvalue weighted by Gasteiger charge is -2.03. The molecule has 1 aromatic heterocycles. The Morgan fingerprint density at radius 3 is 2.83 bits per heavy atom. The van der Waals surface area contributed by atoms with E-state index >= 15 is 0 Å². The summed E-state index contributed by atoms with van der Waals surface area (Å²) in [5, 5.41) is 6.53. The van der Waals surface area contributed by atoms with Crippen LogP contribution in [0.4, 0.5) is 4.39 Å². The minimum atomic E-state index is -0.563. The van der Waals surface area contributed by atoms with Crippen LogP contribution < -0.4 is 10.1 Å². The van der Waals surface area contributed by atoms with Gasteiger partial charge in [-0.1, -0.05) is 29.4 Å². The SMILES string of the molecule is COc1cccc(-c2cc(CNC(=O)c3ccccc3F)no2)c1. The van der Waals surface area contributed by atoms with Crippen molar-refractivity contribution in [2.75, 3.05) is 7.11 Å². The van der Waals surface area contributed by atoms with Gasteiger partial charge in [-0.3, -0.25) is 4.79 Å². The highest BCUT2D eigenvalue weighted by molar-refractivity contribution is 5.94. The molecule has 0 aliphatic heterocycles. The number of aromatic nitrogens is 1. The van der Waals surface area contributed by atoms with E-state index in [1.54, 1.807) is 19.2 Å². The van der Waals surface area contributed by atoms with Crippen molar-refractivity contribution in [3.8, 4) is 17.1 Å². The summed E-state index contributed by atoms with van der Waals surface area (Å²) in [5.74, 6) is 0.202. The van der Waals surface area contributed by atoms with Crippen molar-refractivity contribution in [3.05, 3.63) is 71.7 Å². The van der Waals surface area contributed by atoms with Gasteiger partial charge in [-0.25, -0.2) is 4.39 Å². The molecule has 1 N–H and O–H groups in total. The number of benzene rings is 2. The first-order valence-corrected chi connectivity index (χ1v) is 7.30. The second-order valence-electron chi connectivity index (χ2n) is 5.08. The molecule has 0 bridgehead atoms. The molecule has 0 radical (unpaired) electrons. The van der Waals surface area contributed by atoms with Gasteiger partial charge in [-0.15, -0.1) is 0 Å². The molecule has 3 aromatic rings. The van der Waals surface area contributed by atoms with Crippen molar-refractivity contribution >= 4 is 5.91 Å². The Labute approximate surface area is 138 Å². The van der Waals surface area contributed by atoms with Gasteiger partial charge in [0.15, 0.2) is 5.76 Å². The molecule has 0 aliphatic carbocycles. The lowest BCUT2D eigenvalue weighted by Crippen LogP contribution is -2.23. The molecule has 122 valence electrons. The molecule has 0 fully saturated rings. The Bertz CT molecular complexity index is 861. The fourth-order valence-corrected chi connectivity index (χ4v) is 2.22. The minimum Gasteiger partial charge on any atom is -0.497 e. The van der Waals surface area contributed by atoms with E-state index in [1.165, 1.54) is 18.2 Å². The molecule has 0 saturated carbocycles. The van der Waals surface area contributed by atoms with Crippen LogP contribution in [0.3, 0.4) is 0 Å². The molecule has 0 atom stereocenters. The molecule has 0 saturated heterocycles. The second kappa shape index (κ2) is 6.95. The zero-order valence-corrected chi connectivity index (χ0v) is 13.0. The van der Waals surface area contributed by atoms with Crippen molar-refractivity contribution < 1.29 is 18.4 Å². The maximum Gasteiger partial charge on any atom is 0.254 e. The van der Waals surface area contributed by atoms with Crippen LogP contribution in [0, 0.1) is 5.82 Å². The van der Waals surface area contributed by atoms with Crippen molar-refractivity contribution in [1.82, 2.24) is 10.5 Å². The molecule has 2 aromatic carbocycles. The Kier molecular flexibility index (Phi) is 4.56. The van der Waals surface area contributed by atoms with E-state index < -0.39 is 11.7 Å². The zero-order valence-electron chi connectivity index (χ0n) is 13.0. The summed E-state index contributed by atoms with van der Waals surface area (Å²) in [4.78, 5) is 12.0. The molecule has 0 unspecified atom stereocenters. The number of rotatable bonds is 5. The summed E-state index contributed by atoms with van der Waals surface area (Å²) in [6, 6.07) is 14.9. The third-order valence-electron chi connectivity index (χ3n) is 3.46. The minimum absolute atomic E-state index is 0.00554. The highest BCUT2D eigenvalue weighted by Gasteiger charge is 2.12. The predicted molar refractivity (Wildman–Crippen MR) is 86.1 cm³/mol. The Morgan fingerprint density at radius 2 is 2.04 bits per heavy atom. The summed E-state index contributed by atoms with van der Waals surface area (Å²) >= 11 is 0. The number of halogens is 1. The number of hydrogen-bond acceptors (Lipinski definition) is 4. The topological polar surface area (TPSA) is 64.4 Å². The summed E-state index contributed by atoms with van der Waals surface area (Å²) in [6.45, 7) is 0.140. The number of nitrogens with zero attached hydrogens (tertiary/aromatic N) is 1. The van der Waals surface area contributed by atoms with Crippen LogP contribution >= 0.6 is 0 Å². The van der Waals surface area contributed by atoms with Gasteiger partial charge in [0.1, 0.15) is 17.3 Å². The third-order valence-corrected chi connectivity index (χ3v) is 3.46. The molecule has 0 spiro atoms. The van der Waals surface area contributed by atoms with Crippen molar-refractivity contribution in [2.24, 2.45) is 0 Å². The van der Waals surface area contributed by atoms with Gasteiger partial charge in [0, 0.05) is 11.6 Å². The van der Waals surface area contributed by atoms with Gasteiger partial charge in [-0.2, -0.15) is 0 Å². The average Bonchev–Trinajstić information content (AvgIpc) is 3.09. The summed E-state index contributed by atoms with van der Waals surface area (Å²) in [6.07, 6.45) is 0. The number of carbonyl (C=O) groups is 1. The number of hydrogen-bond donors (Lipinski definition) is 1. The zero-order chi connectivity index (χ0) is 16.9. The van der Waals surface area contributed by atoms with Crippen LogP contribution in [-0.2, 0) is 6.54 Å². The average molecular weight is 326 g/mol. The van der Waals surface area contributed by atoms with Crippen LogP contribution in [0.25, 0.3) is 11.3 Å². The molecular formula is C18H15FN2O3. The Hall–Kier alpha value is -3.15. The van der Waals surface area contributed by atoms with Crippen LogP contribution in [0.15, 0.2) is 59.1 Å². The number of nitrogens with one attached hydrogen (secondary N) is 1. The van der Waals surface area contributed by atoms with E-state index in [9.17, 15) is 9.18 Å². The fraction of sp³-hybridized carbons (Fsp3) is 0.111. The van der Waals surface area contributed by atoms with Crippen molar-refractivity contribution in [2.45, 2.75) is 6.54 Å². The maximum absolute atomic E-state index is 13.6. The van der Waals surface area contributed by atoms with E-state index in [0.29, 0.717) is 17.2 Å². The Morgan fingerprint density at radius 1 is 1.21 bits per heavy atom. The van der Waals surface area contributed by atoms with Crippen molar-refractivity contribution in [1.29, 1.82) is 0 Å². The van der Waals surface area contributed by atoms with Gasteiger partial charge < -0.3 is 14.6 Å². The summed E-state index contributed by atoms with van der Waals surface area (Å²) in [7, 11) is 1.59. The summed E-state index contributed by atoms with van der Waals surface area (Å²) in [5.41, 5.74) is 1.35. The quantitative estimate of drug-likeness (QED) is 0.780. The first kappa shape index (κ1) is 15.7. The third kappa shape index (κ3) is 3.43. The molecule has 24 heavy (non-hydrogen) atoms.